The lowest BCUT2D eigenvalue weighted by atomic mass is 9.89. The van der Waals surface area contributed by atoms with Gasteiger partial charge in [-0.15, -0.1) is 0 Å². The lowest BCUT2D eigenvalue weighted by molar-refractivity contribution is -0.151. The van der Waals surface area contributed by atoms with Crippen LogP contribution in [-0.2, 0) is 10.3 Å². The highest BCUT2D eigenvalue weighted by atomic mass is 35.5. The summed E-state index contributed by atoms with van der Waals surface area (Å²) in [6.07, 6.45) is 0. The number of carboxylic acids is 1. The van der Waals surface area contributed by atoms with Crippen molar-refractivity contribution in [1.82, 2.24) is 10.2 Å². The highest BCUT2D eigenvalue weighted by molar-refractivity contribution is 6.31. The number of hydrogen-bond donors (Lipinski definition) is 2. The standard InChI is InChI=1S/C13H17ClN2O2/c1-13(12(17)18,16-8-6-15-7-9-16)10-4-2-3-5-11(10)14/h2-5,15H,6-9H2,1H3,(H,17,18). The maximum Gasteiger partial charge on any atom is 0.328 e. The summed E-state index contributed by atoms with van der Waals surface area (Å²) in [5.41, 5.74) is -0.415. The Bertz CT molecular complexity index is 446. The van der Waals surface area contributed by atoms with Gasteiger partial charge in [0.1, 0.15) is 5.54 Å². The number of rotatable bonds is 3. The molecule has 0 bridgehead atoms. The molecule has 0 radical (unpaired) electrons. The van der Waals surface area contributed by atoms with E-state index >= 15 is 0 Å². The smallest absolute Gasteiger partial charge is 0.328 e. The van der Waals surface area contributed by atoms with E-state index in [1.807, 2.05) is 17.0 Å². The second-order valence-corrected chi connectivity index (χ2v) is 5.00. The third kappa shape index (κ3) is 2.23. The van der Waals surface area contributed by atoms with Crippen molar-refractivity contribution in [3.05, 3.63) is 34.9 Å². The summed E-state index contributed by atoms with van der Waals surface area (Å²) in [6, 6.07) is 7.16. The zero-order valence-corrected chi connectivity index (χ0v) is 11.1. The molecule has 4 nitrogen and oxygen atoms in total. The number of benzene rings is 1. The summed E-state index contributed by atoms with van der Waals surface area (Å²) in [5, 5.41) is 13.4. The first kappa shape index (κ1) is 13.3. The average molecular weight is 269 g/mol. The zero-order chi connectivity index (χ0) is 13.2. The van der Waals surface area contributed by atoms with Gasteiger partial charge in [0.05, 0.1) is 0 Å². The van der Waals surface area contributed by atoms with Crippen molar-refractivity contribution in [3.63, 3.8) is 0 Å². The molecule has 1 aliphatic heterocycles. The molecule has 98 valence electrons. The second kappa shape index (κ2) is 5.26. The van der Waals surface area contributed by atoms with Crippen LogP contribution in [0.4, 0.5) is 0 Å². The highest BCUT2D eigenvalue weighted by Gasteiger charge is 2.42. The average Bonchev–Trinajstić information content (AvgIpc) is 2.39. The fraction of sp³-hybridized carbons (Fsp3) is 0.462. The third-order valence-corrected chi connectivity index (χ3v) is 3.89. The van der Waals surface area contributed by atoms with Gasteiger partial charge in [0, 0.05) is 36.8 Å². The van der Waals surface area contributed by atoms with E-state index in [2.05, 4.69) is 5.32 Å². The molecule has 0 aliphatic carbocycles. The van der Waals surface area contributed by atoms with E-state index in [0.29, 0.717) is 23.7 Å². The lowest BCUT2D eigenvalue weighted by Gasteiger charge is -2.41. The van der Waals surface area contributed by atoms with Crippen LogP contribution in [0.15, 0.2) is 24.3 Å². The van der Waals surface area contributed by atoms with Crippen molar-refractivity contribution in [1.29, 1.82) is 0 Å². The topological polar surface area (TPSA) is 52.6 Å². The Balaban J connectivity index is 2.43. The molecular formula is C13H17ClN2O2. The van der Waals surface area contributed by atoms with Gasteiger partial charge in [0.15, 0.2) is 0 Å². The number of piperazine rings is 1. The molecule has 1 unspecified atom stereocenters. The number of carbonyl (C=O) groups is 1. The summed E-state index contributed by atoms with van der Waals surface area (Å²) in [7, 11) is 0. The Labute approximate surface area is 112 Å². The maximum atomic E-state index is 11.8. The summed E-state index contributed by atoms with van der Waals surface area (Å²) in [4.78, 5) is 13.7. The van der Waals surface area contributed by atoms with Crippen molar-refractivity contribution in [2.45, 2.75) is 12.5 Å². The molecule has 1 fully saturated rings. The summed E-state index contributed by atoms with van der Waals surface area (Å²) in [5.74, 6) is -0.863. The Morgan fingerprint density at radius 1 is 1.39 bits per heavy atom. The molecule has 1 heterocycles. The Morgan fingerprint density at radius 2 is 2.00 bits per heavy atom. The van der Waals surface area contributed by atoms with Gasteiger partial charge in [-0.3, -0.25) is 4.90 Å². The molecule has 2 rings (SSSR count). The summed E-state index contributed by atoms with van der Waals surface area (Å²) >= 11 is 6.17. The molecule has 1 aromatic carbocycles. The molecule has 1 aromatic rings. The van der Waals surface area contributed by atoms with Crippen molar-refractivity contribution in [3.8, 4) is 0 Å². The van der Waals surface area contributed by atoms with Crippen LogP contribution in [0.5, 0.6) is 0 Å². The number of nitrogens with one attached hydrogen (secondary N) is 1. The van der Waals surface area contributed by atoms with Crippen molar-refractivity contribution in [2.24, 2.45) is 0 Å². The van der Waals surface area contributed by atoms with Gasteiger partial charge in [-0.2, -0.15) is 0 Å². The van der Waals surface area contributed by atoms with Gasteiger partial charge in [-0.25, -0.2) is 4.79 Å². The molecule has 1 aliphatic rings. The zero-order valence-electron chi connectivity index (χ0n) is 10.3. The van der Waals surface area contributed by atoms with E-state index in [-0.39, 0.29) is 0 Å². The highest BCUT2D eigenvalue weighted by Crippen LogP contribution is 2.33. The number of hydrogen-bond acceptors (Lipinski definition) is 3. The summed E-state index contributed by atoms with van der Waals surface area (Å²) in [6.45, 7) is 4.73. The molecule has 18 heavy (non-hydrogen) atoms. The molecular weight excluding hydrogens is 252 g/mol. The summed E-state index contributed by atoms with van der Waals surface area (Å²) < 4.78 is 0. The Morgan fingerprint density at radius 3 is 2.56 bits per heavy atom. The van der Waals surface area contributed by atoms with E-state index in [1.165, 1.54) is 0 Å². The van der Waals surface area contributed by atoms with Crippen molar-refractivity contribution in [2.75, 3.05) is 26.2 Å². The van der Waals surface area contributed by atoms with Gasteiger partial charge >= 0.3 is 5.97 Å². The molecule has 0 aromatic heterocycles. The van der Waals surface area contributed by atoms with E-state index in [1.54, 1.807) is 19.1 Å². The SMILES string of the molecule is CC(C(=O)O)(c1ccccc1Cl)N1CCNCC1. The normalized spacial score (nSPS) is 20.3. The van der Waals surface area contributed by atoms with Crippen LogP contribution >= 0.6 is 11.6 Å². The monoisotopic (exact) mass is 268 g/mol. The number of nitrogens with zero attached hydrogens (tertiary/aromatic N) is 1. The first-order valence-corrected chi connectivity index (χ1v) is 6.39. The molecule has 0 spiro atoms. The largest absolute Gasteiger partial charge is 0.480 e. The number of carboxylic acid groups (broad SMARTS) is 1. The molecule has 0 saturated carbocycles. The minimum atomic E-state index is -1.07. The third-order valence-electron chi connectivity index (χ3n) is 3.56. The van der Waals surface area contributed by atoms with E-state index < -0.39 is 11.5 Å². The molecule has 1 atom stereocenters. The van der Waals surface area contributed by atoms with Gasteiger partial charge < -0.3 is 10.4 Å². The molecule has 0 amide bonds. The van der Waals surface area contributed by atoms with Crippen LogP contribution in [0, 0.1) is 0 Å². The minimum absolute atomic E-state index is 0.501. The minimum Gasteiger partial charge on any atom is -0.480 e. The van der Waals surface area contributed by atoms with Crippen molar-refractivity contribution >= 4 is 17.6 Å². The molecule has 5 heteroatoms. The van der Waals surface area contributed by atoms with E-state index in [4.69, 9.17) is 11.6 Å². The molecule has 2 N–H and O–H groups in total. The second-order valence-electron chi connectivity index (χ2n) is 4.59. The Hall–Kier alpha value is -1.10. The predicted molar refractivity (Wildman–Crippen MR) is 70.9 cm³/mol. The molecule has 1 saturated heterocycles. The van der Waals surface area contributed by atoms with Crippen LogP contribution in [0.2, 0.25) is 5.02 Å². The fourth-order valence-electron chi connectivity index (χ4n) is 2.39. The predicted octanol–water partition coefficient (Wildman–Crippen LogP) is 1.54. The van der Waals surface area contributed by atoms with Crippen LogP contribution in [0.1, 0.15) is 12.5 Å². The van der Waals surface area contributed by atoms with Gasteiger partial charge in [-0.1, -0.05) is 29.8 Å². The van der Waals surface area contributed by atoms with E-state index in [9.17, 15) is 9.90 Å². The number of aliphatic carboxylic acids is 1. The van der Waals surface area contributed by atoms with Crippen LogP contribution < -0.4 is 5.32 Å². The van der Waals surface area contributed by atoms with Gasteiger partial charge in [-0.05, 0) is 13.0 Å². The first-order valence-electron chi connectivity index (χ1n) is 6.01. The number of halogens is 1. The van der Waals surface area contributed by atoms with Crippen LogP contribution in [-0.4, -0.2) is 42.2 Å². The Kier molecular flexibility index (Phi) is 3.90. The van der Waals surface area contributed by atoms with Crippen LogP contribution in [0.25, 0.3) is 0 Å². The van der Waals surface area contributed by atoms with E-state index in [0.717, 1.165) is 13.1 Å². The quantitative estimate of drug-likeness (QED) is 0.873. The van der Waals surface area contributed by atoms with Gasteiger partial charge in [0.2, 0.25) is 0 Å². The first-order chi connectivity index (χ1) is 8.56. The lowest BCUT2D eigenvalue weighted by Crippen LogP contribution is -2.56. The van der Waals surface area contributed by atoms with Crippen molar-refractivity contribution < 1.29 is 9.90 Å². The van der Waals surface area contributed by atoms with Crippen LogP contribution in [0.3, 0.4) is 0 Å². The van der Waals surface area contributed by atoms with Gasteiger partial charge in [0.25, 0.3) is 0 Å². The maximum absolute atomic E-state index is 11.8. The fourth-order valence-corrected chi connectivity index (χ4v) is 2.71.